The normalized spacial score (nSPS) is 11.2. The van der Waals surface area contributed by atoms with Gasteiger partial charge in [-0.1, -0.05) is 12.1 Å². The van der Waals surface area contributed by atoms with Crippen molar-refractivity contribution in [3.63, 3.8) is 0 Å². The molecule has 88 valence electrons. The summed E-state index contributed by atoms with van der Waals surface area (Å²) in [5, 5.41) is 13.9. The lowest BCUT2D eigenvalue weighted by Crippen LogP contribution is -1.97. The zero-order valence-electron chi connectivity index (χ0n) is 9.75. The molecule has 1 heterocycles. The van der Waals surface area contributed by atoms with Gasteiger partial charge in [-0.3, -0.25) is 0 Å². The predicted octanol–water partition coefficient (Wildman–Crippen LogP) is 1.67. The van der Waals surface area contributed by atoms with Gasteiger partial charge in [-0.2, -0.15) is 5.10 Å². The van der Waals surface area contributed by atoms with E-state index in [2.05, 4.69) is 10.1 Å². The molecule has 0 fully saturated rings. The molecule has 0 bridgehead atoms. The largest absolute Gasteiger partial charge is 0.507 e. The van der Waals surface area contributed by atoms with Gasteiger partial charge >= 0.3 is 0 Å². The van der Waals surface area contributed by atoms with Crippen LogP contribution in [0.5, 0.6) is 5.75 Å². The molecule has 0 aliphatic rings. The van der Waals surface area contributed by atoms with E-state index in [0.717, 1.165) is 11.3 Å². The van der Waals surface area contributed by atoms with E-state index in [1.54, 1.807) is 18.5 Å². The third-order valence-corrected chi connectivity index (χ3v) is 2.42. The Morgan fingerprint density at radius 2 is 2.18 bits per heavy atom. The second kappa shape index (κ2) is 4.29. The van der Waals surface area contributed by atoms with Gasteiger partial charge in [-0.05, 0) is 25.5 Å². The summed E-state index contributed by atoms with van der Waals surface area (Å²) in [6, 6.07) is 5.48. The van der Waals surface area contributed by atoms with Gasteiger partial charge in [0.15, 0.2) is 0 Å². The zero-order chi connectivity index (χ0) is 12.4. The first-order valence-corrected chi connectivity index (χ1v) is 5.22. The molecule has 0 amide bonds. The number of imidazole rings is 1. The summed E-state index contributed by atoms with van der Waals surface area (Å²) in [6.07, 6.45) is 3.28. The molecule has 2 aromatic rings. The Morgan fingerprint density at radius 1 is 1.41 bits per heavy atom. The zero-order valence-corrected chi connectivity index (χ0v) is 9.75. The fourth-order valence-electron chi connectivity index (χ4n) is 1.51. The summed E-state index contributed by atoms with van der Waals surface area (Å²) in [7, 11) is 0. The first-order chi connectivity index (χ1) is 8.08. The van der Waals surface area contributed by atoms with Crippen LogP contribution in [0.25, 0.3) is 0 Å². The quantitative estimate of drug-likeness (QED) is 0.770. The van der Waals surface area contributed by atoms with Gasteiger partial charge in [0.1, 0.15) is 5.75 Å². The number of rotatable bonds is 2. The third-order valence-electron chi connectivity index (χ3n) is 2.42. The van der Waals surface area contributed by atoms with E-state index >= 15 is 0 Å². The van der Waals surface area contributed by atoms with Crippen molar-refractivity contribution in [3.05, 3.63) is 41.2 Å². The molecule has 1 aromatic carbocycles. The standard InChI is InChI=1S/C12H14N4O/c1-8-4-3-5-10(11(8)17)6-14-16-7-9(2)15-12(16)13/h3-7,17H,1-2H3,(H2,13,15). The van der Waals surface area contributed by atoms with Crippen LogP contribution in [0.2, 0.25) is 0 Å². The van der Waals surface area contributed by atoms with Gasteiger partial charge in [-0.15, -0.1) is 0 Å². The molecule has 5 heteroatoms. The fraction of sp³-hybridized carbons (Fsp3) is 0.167. The van der Waals surface area contributed by atoms with E-state index < -0.39 is 0 Å². The predicted molar refractivity (Wildman–Crippen MR) is 67.2 cm³/mol. The van der Waals surface area contributed by atoms with Crippen LogP contribution in [-0.2, 0) is 0 Å². The number of hydrogen-bond donors (Lipinski definition) is 2. The van der Waals surface area contributed by atoms with E-state index in [9.17, 15) is 5.11 Å². The SMILES string of the molecule is Cc1cn(N=Cc2cccc(C)c2O)c(N)n1. The molecular formula is C12H14N4O. The highest BCUT2D eigenvalue weighted by molar-refractivity contribution is 5.84. The van der Waals surface area contributed by atoms with Crippen molar-refractivity contribution in [2.45, 2.75) is 13.8 Å². The molecule has 0 spiro atoms. The lowest BCUT2D eigenvalue weighted by atomic mass is 10.1. The van der Waals surface area contributed by atoms with Crippen molar-refractivity contribution in [2.75, 3.05) is 5.73 Å². The number of aromatic nitrogens is 2. The van der Waals surface area contributed by atoms with Gasteiger partial charge in [0.2, 0.25) is 5.95 Å². The van der Waals surface area contributed by atoms with E-state index in [1.165, 1.54) is 4.68 Å². The molecule has 0 radical (unpaired) electrons. The molecule has 1 aromatic heterocycles. The summed E-state index contributed by atoms with van der Waals surface area (Å²) in [6.45, 7) is 3.68. The second-order valence-corrected chi connectivity index (χ2v) is 3.84. The average molecular weight is 230 g/mol. The molecule has 17 heavy (non-hydrogen) atoms. The van der Waals surface area contributed by atoms with Gasteiger partial charge in [0, 0.05) is 5.56 Å². The number of hydrogen-bond acceptors (Lipinski definition) is 4. The van der Waals surface area contributed by atoms with E-state index in [0.29, 0.717) is 11.5 Å². The molecule has 3 N–H and O–H groups in total. The number of benzene rings is 1. The number of phenolic OH excluding ortho intramolecular Hbond substituents is 1. The number of para-hydroxylation sites is 1. The summed E-state index contributed by atoms with van der Waals surface area (Å²) < 4.78 is 1.47. The average Bonchev–Trinajstić information content (AvgIpc) is 2.60. The van der Waals surface area contributed by atoms with Crippen LogP contribution in [0.3, 0.4) is 0 Å². The Kier molecular flexibility index (Phi) is 2.82. The minimum absolute atomic E-state index is 0.228. The maximum absolute atomic E-state index is 9.80. The van der Waals surface area contributed by atoms with Gasteiger partial charge in [-0.25, -0.2) is 9.66 Å². The second-order valence-electron chi connectivity index (χ2n) is 3.84. The maximum Gasteiger partial charge on any atom is 0.221 e. The van der Waals surface area contributed by atoms with Crippen molar-refractivity contribution in [1.82, 2.24) is 9.66 Å². The first-order valence-electron chi connectivity index (χ1n) is 5.22. The smallest absolute Gasteiger partial charge is 0.221 e. The molecule has 2 rings (SSSR count). The van der Waals surface area contributed by atoms with E-state index in [4.69, 9.17) is 5.73 Å². The van der Waals surface area contributed by atoms with E-state index in [-0.39, 0.29) is 5.75 Å². The van der Waals surface area contributed by atoms with Crippen molar-refractivity contribution in [3.8, 4) is 5.75 Å². The molecule has 0 aliphatic heterocycles. The lowest BCUT2D eigenvalue weighted by molar-refractivity contribution is 0.470. The number of nitrogens with two attached hydrogens (primary N) is 1. The number of nitrogen functional groups attached to an aromatic ring is 1. The summed E-state index contributed by atoms with van der Waals surface area (Å²) in [5.41, 5.74) is 7.91. The Morgan fingerprint density at radius 3 is 2.82 bits per heavy atom. The Bertz CT molecular complexity index is 572. The lowest BCUT2D eigenvalue weighted by Gasteiger charge is -2.01. The molecular weight excluding hydrogens is 216 g/mol. The number of phenols is 1. The molecule has 0 unspecified atom stereocenters. The van der Waals surface area contributed by atoms with Crippen LogP contribution in [0.15, 0.2) is 29.5 Å². The van der Waals surface area contributed by atoms with Gasteiger partial charge < -0.3 is 10.8 Å². The number of anilines is 1. The first kappa shape index (κ1) is 11.2. The van der Waals surface area contributed by atoms with Gasteiger partial charge in [0.05, 0.1) is 18.1 Å². The highest BCUT2D eigenvalue weighted by atomic mass is 16.3. The summed E-state index contributed by atoms with van der Waals surface area (Å²) in [5.74, 6) is 0.553. The number of nitrogens with zero attached hydrogens (tertiary/aromatic N) is 3. The van der Waals surface area contributed by atoms with Crippen LogP contribution in [0.4, 0.5) is 5.95 Å². The highest BCUT2D eigenvalue weighted by Gasteiger charge is 2.02. The monoisotopic (exact) mass is 230 g/mol. The van der Waals surface area contributed by atoms with Crippen LogP contribution < -0.4 is 5.73 Å². The van der Waals surface area contributed by atoms with Crippen LogP contribution in [-0.4, -0.2) is 21.0 Å². The number of aryl methyl sites for hydroxylation is 2. The van der Waals surface area contributed by atoms with Crippen molar-refractivity contribution in [1.29, 1.82) is 0 Å². The maximum atomic E-state index is 9.80. The minimum atomic E-state index is 0.228. The molecule has 5 nitrogen and oxygen atoms in total. The molecule has 0 saturated heterocycles. The van der Waals surface area contributed by atoms with Crippen LogP contribution in [0.1, 0.15) is 16.8 Å². The molecule has 0 atom stereocenters. The summed E-state index contributed by atoms with van der Waals surface area (Å²) >= 11 is 0. The topological polar surface area (TPSA) is 76.4 Å². The van der Waals surface area contributed by atoms with Crippen LogP contribution >= 0.6 is 0 Å². The minimum Gasteiger partial charge on any atom is -0.507 e. The van der Waals surface area contributed by atoms with E-state index in [1.807, 2.05) is 26.0 Å². The molecule has 0 aliphatic carbocycles. The van der Waals surface area contributed by atoms with Crippen molar-refractivity contribution in [2.24, 2.45) is 5.10 Å². The summed E-state index contributed by atoms with van der Waals surface area (Å²) in [4.78, 5) is 4.03. The third kappa shape index (κ3) is 2.28. The molecule has 0 saturated carbocycles. The van der Waals surface area contributed by atoms with Crippen LogP contribution in [0, 0.1) is 13.8 Å². The van der Waals surface area contributed by atoms with Crippen molar-refractivity contribution >= 4 is 12.2 Å². The number of aromatic hydroxyl groups is 1. The Labute approximate surface area is 99.2 Å². The fourth-order valence-corrected chi connectivity index (χ4v) is 1.51. The highest BCUT2D eigenvalue weighted by Crippen LogP contribution is 2.19. The Hall–Kier alpha value is -2.30. The Balaban J connectivity index is 2.32. The van der Waals surface area contributed by atoms with Gasteiger partial charge in [0.25, 0.3) is 0 Å². The van der Waals surface area contributed by atoms with Crippen molar-refractivity contribution < 1.29 is 5.11 Å².